The van der Waals surface area contributed by atoms with Crippen LogP contribution in [-0.2, 0) is 0 Å². The Labute approximate surface area is 93.0 Å². The second-order valence-corrected chi connectivity index (χ2v) is 2.37. The molecule has 0 amide bonds. The summed E-state index contributed by atoms with van der Waals surface area (Å²) in [6.45, 7) is 0. The van der Waals surface area contributed by atoms with Crippen molar-refractivity contribution in [2.24, 2.45) is 10.8 Å². The van der Waals surface area contributed by atoms with E-state index in [4.69, 9.17) is 11.3 Å². The highest BCUT2D eigenvalue weighted by Gasteiger charge is 1.96. The summed E-state index contributed by atoms with van der Waals surface area (Å²) < 4.78 is 0. The van der Waals surface area contributed by atoms with Crippen molar-refractivity contribution in [3.8, 4) is 5.75 Å². The zero-order valence-electron chi connectivity index (χ0n) is 7.81. The molecule has 0 fully saturated rings. The molecule has 84 valence electrons. The molecule has 0 saturated carbocycles. The lowest BCUT2D eigenvalue weighted by Crippen LogP contribution is -3.00. The molecule has 8 N–H and O–H groups in total. The number of hydrogen-bond acceptors (Lipinski definition) is 3. The van der Waals surface area contributed by atoms with Crippen LogP contribution in [0.2, 0.25) is 0 Å². The van der Waals surface area contributed by atoms with Gasteiger partial charge in [-0.2, -0.15) is 10.8 Å². The Balaban J connectivity index is 0. The number of phenolic OH excluding ortho intramolecular Hbond substituents is 1. The van der Waals surface area contributed by atoms with Crippen molar-refractivity contribution in [3.05, 3.63) is 29.8 Å². The van der Waals surface area contributed by atoms with Crippen LogP contribution in [0.1, 0.15) is 5.56 Å². The third-order valence-corrected chi connectivity index (χ3v) is 1.44. The third kappa shape index (κ3) is 5.08. The van der Waals surface area contributed by atoms with Gasteiger partial charge in [-0.05, 0) is 12.1 Å². The van der Waals surface area contributed by atoms with Crippen LogP contribution in [0.4, 0.5) is 0 Å². The van der Waals surface area contributed by atoms with Crippen molar-refractivity contribution in [2.75, 3.05) is 0 Å². The highest BCUT2D eigenvalue weighted by molar-refractivity contribution is 5.90. The second-order valence-electron chi connectivity index (χ2n) is 2.37. The van der Waals surface area contributed by atoms with E-state index >= 15 is 0 Å². The van der Waals surface area contributed by atoms with Gasteiger partial charge in [0.25, 0.3) is 0 Å². The van der Waals surface area contributed by atoms with Gasteiger partial charge in [0.15, 0.2) is 0 Å². The van der Waals surface area contributed by atoms with E-state index in [0.717, 1.165) is 5.43 Å². The molecule has 0 saturated heterocycles. The van der Waals surface area contributed by atoms with Crippen molar-refractivity contribution >= 4 is 12.2 Å². The first-order valence-corrected chi connectivity index (χ1v) is 3.69. The quantitative estimate of drug-likeness (QED) is 0.168. The summed E-state index contributed by atoms with van der Waals surface area (Å²) in [5.41, 5.74) is 1.64. The molecule has 6 nitrogen and oxygen atoms in total. The summed E-state index contributed by atoms with van der Waals surface area (Å²) in [7, 11) is 0. The van der Waals surface area contributed by atoms with Gasteiger partial charge in [-0.3, -0.25) is 0 Å². The van der Waals surface area contributed by atoms with E-state index in [9.17, 15) is 5.11 Å². The number of phenols is 1. The maximum Gasteiger partial charge on any atom is 0.337 e. The van der Waals surface area contributed by atoms with Gasteiger partial charge in [0.05, 0.1) is 0 Å². The van der Waals surface area contributed by atoms with Crippen molar-refractivity contribution in [1.82, 2.24) is 0 Å². The molecule has 0 unspecified atom stereocenters. The van der Waals surface area contributed by atoms with Gasteiger partial charge in [-0.25, -0.2) is 10.8 Å². The summed E-state index contributed by atoms with van der Waals surface area (Å²) >= 11 is 0. The Kier molecular flexibility index (Phi) is 8.40. The fraction of sp³-hybridized carbons (Fsp3) is 0. The first-order chi connectivity index (χ1) is 6.24. The molecule has 1 rings (SSSR count). The van der Waals surface area contributed by atoms with Crippen molar-refractivity contribution in [3.63, 3.8) is 0 Å². The highest BCUT2D eigenvalue weighted by atomic mass is 35.5. The predicted octanol–water partition coefficient (Wildman–Crippen LogP) is -4.64. The molecule has 0 aliphatic carbocycles. The summed E-state index contributed by atoms with van der Waals surface area (Å²) in [5, 5.41) is 16.4. The zero-order valence-corrected chi connectivity index (χ0v) is 8.57. The monoisotopic (exact) mass is 232 g/mol. The van der Waals surface area contributed by atoms with Crippen molar-refractivity contribution in [2.45, 2.75) is 0 Å². The Morgan fingerprint density at radius 1 is 1.47 bits per heavy atom. The number of rotatable bonds is 1. The van der Waals surface area contributed by atoms with E-state index in [0.29, 0.717) is 5.56 Å². The van der Waals surface area contributed by atoms with Crippen LogP contribution in [0.15, 0.2) is 29.3 Å². The average Bonchev–Trinajstić information content (AvgIpc) is 2.16. The van der Waals surface area contributed by atoms with Crippen LogP contribution in [0.25, 0.3) is 0 Å². The largest absolute Gasteiger partial charge is 1.00 e. The maximum atomic E-state index is 9.29. The lowest BCUT2D eigenvalue weighted by Gasteiger charge is -1.95. The Bertz CT molecular complexity index is 343. The Hall–Kier alpha value is -1.47. The van der Waals surface area contributed by atoms with Gasteiger partial charge in [-0.15, -0.1) is 0 Å². The number of para-hydroxylation sites is 1. The van der Waals surface area contributed by atoms with Gasteiger partial charge in [0, 0.05) is 11.8 Å². The van der Waals surface area contributed by atoms with Crippen molar-refractivity contribution < 1.29 is 28.4 Å². The topological polar surface area (TPSA) is 131 Å². The number of nitrogens with zero attached hydrogens (tertiary/aromatic N) is 1. The van der Waals surface area contributed by atoms with E-state index in [2.05, 4.69) is 4.99 Å². The van der Waals surface area contributed by atoms with Gasteiger partial charge in [0.2, 0.25) is 0 Å². The molecule has 1 aromatic carbocycles. The van der Waals surface area contributed by atoms with Gasteiger partial charge in [-0.1, -0.05) is 12.1 Å². The zero-order chi connectivity index (χ0) is 9.68. The van der Waals surface area contributed by atoms with Gasteiger partial charge in [0.1, 0.15) is 5.75 Å². The second kappa shape index (κ2) is 7.89. The number of benzene rings is 1. The number of nitrogens with one attached hydrogen (secondary N) is 1. The van der Waals surface area contributed by atoms with Gasteiger partial charge < -0.3 is 23.0 Å². The normalized spacial score (nSPS) is 9.13. The molecular weight excluding hydrogens is 220 g/mol. The molecule has 0 aliphatic heterocycles. The molecule has 0 bridgehead atoms. The molecule has 1 aromatic rings. The summed E-state index contributed by atoms with van der Waals surface area (Å²) in [6.07, 6.45) is 1.39. The molecule has 15 heavy (non-hydrogen) atoms. The molecular formula is C8H13ClN4O2. The van der Waals surface area contributed by atoms with Crippen molar-refractivity contribution in [1.29, 1.82) is 5.41 Å². The molecule has 7 heteroatoms. The van der Waals surface area contributed by atoms with E-state index in [1.54, 1.807) is 24.3 Å². The fourth-order valence-electron chi connectivity index (χ4n) is 0.779. The van der Waals surface area contributed by atoms with Gasteiger partial charge >= 0.3 is 5.96 Å². The molecule has 0 heterocycles. The number of halogens is 1. The average molecular weight is 233 g/mol. The van der Waals surface area contributed by atoms with E-state index < -0.39 is 0 Å². The molecule has 0 spiro atoms. The number of quaternary nitrogens is 1. The summed E-state index contributed by atoms with van der Waals surface area (Å²) in [6, 6.07) is 6.74. The molecule has 0 aromatic heterocycles. The Morgan fingerprint density at radius 2 is 2.07 bits per heavy atom. The fourth-order valence-corrected chi connectivity index (χ4v) is 0.779. The maximum absolute atomic E-state index is 9.29. The van der Waals surface area contributed by atoms with Crippen LogP contribution < -0.4 is 23.7 Å². The number of aromatic hydroxyl groups is 1. The van der Waals surface area contributed by atoms with E-state index in [1.807, 2.05) is 0 Å². The highest BCUT2D eigenvalue weighted by Crippen LogP contribution is 2.12. The van der Waals surface area contributed by atoms with Crippen LogP contribution >= 0.6 is 0 Å². The number of aliphatic imine (C=N–C) groups is 1. The van der Waals surface area contributed by atoms with Crippen LogP contribution in [0, 0.1) is 5.41 Å². The van der Waals surface area contributed by atoms with E-state index in [-0.39, 0.29) is 29.6 Å². The first kappa shape index (κ1) is 16.0. The van der Waals surface area contributed by atoms with Crippen LogP contribution in [-0.4, -0.2) is 22.8 Å². The minimum atomic E-state index is -0.0387. The SMILES string of the molecule is N=C(N=Cc1ccccc1O)[NH2+]N.O.[Cl-]. The third-order valence-electron chi connectivity index (χ3n) is 1.44. The lowest BCUT2D eigenvalue weighted by molar-refractivity contribution is -0.555. The number of guanidine groups is 1. The molecule has 0 radical (unpaired) electrons. The van der Waals surface area contributed by atoms with E-state index in [1.165, 1.54) is 6.21 Å². The minimum absolute atomic E-state index is 0. The molecule has 0 atom stereocenters. The standard InChI is InChI=1S/C8H10N4O.ClH.H2O/c9-8(12-10)11-5-6-3-1-2-4-7(6)13;;/h1-5,13H,10H2,(H2,9,12);1H;1H2. The predicted molar refractivity (Wildman–Crippen MR) is 53.2 cm³/mol. The first-order valence-electron chi connectivity index (χ1n) is 3.69. The summed E-state index contributed by atoms with van der Waals surface area (Å²) in [4.78, 5) is 3.69. The number of hydrogen-bond donors (Lipinski definition) is 4. The summed E-state index contributed by atoms with van der Waals surface area (Å²) in [5.74, 6) is 5.15. The smallest absolute Gasteiger partial charge is 0.337 e. The molecule has 0 aliphatic rings. The van der Waals surface area contributed by atoms with Crippen LogP contribution in [0.3, 0.4) is 0 Å². The van der Waals surface area contributed by atoms with Crippen LogP contribution in [0.5, 0.6) is 5.75 Å². The number of nitrogens with two attached hydrogens (primary N) is 2. The Morgan fingerprint density at radius 3 is 2.60 bits per heavy atom. The minimum Gasteiger partial charge on any atom is -1.00 e. The lowest BCUT2D eigenvalue weighted by atomic mass is 10.2.